The van der Waals surface area contributed by atoms with Crippen molar-refractivity contribution in [1.82, 2.24) is 0 Å². The van der Waals surface area contributed by atoms with E-state index in [9.17, 15) is 0 Å². The molecule has 0 unspecified atom stereocenters. The monoisotopic (exact) mass is 332 g/mol. The van der Waals surface area contributed by atoms with Crippen LogP contribution in [-0.4, -0.2) is 7.11 Å². The molecule has 3 rings (SSSR count). The summed E-state index contributed by atoms with van der Waals surface area (Å²) in [4.78, 5) is 0. The molecule has 1 fully saturated rings. The van der Waals surface area contributed by atoms with Gasteiger partial charge in [0.05, 0.1) is 6.61 Å². The number of benzene rings is 2. The lowest BCUT2D eigenvalue weighted by Crippen LogP contribution is -2.11. The minimum atomic E-state index is 0.700. The van der Waals surface area contributed by atoms with E-state index in [0.717, 1.165) is 0 Å². The van der Waals surface area contributed by atoms with Gasteiger partial charge in [-0.05, 0) is 59.8 Å². The zero-order chi connectivity index (χ0) is 17.5. The Morgan fingerprint density at radius 2 is 1.56 bits per heavy atom. The van der Waals surface area contributed by atoms with Crippen molar-refractivity contribution in [1.29, 1.82) is 0 Å². The number of hydrogen-bond donors (Lipinski definition) is 0. The lowest BCUT2D eigenvalue weighted by atomic mass is 9.78. The highest BCUT2D eigenvalue weighted by Crippen LogP contribution is 2.36. The van der Waals surface area contributed by atoms with Gasteiger partial charge in [0.15, 0.2) is 0 Å². The van der Waals surface area contributed by atoms with Gasteiger partial charge in [-0.15, -0.1) is 0 Å². The number of hydrogen-bond acceptors (Lipinski definition) is 1. The van der Waals surface area contributed by atoms with Gasteiger partial charge in [0.2, 0.25) is 0 Å². The van der Waals surface area contributed by atoms with Crippen LogP contribution in [0.4, 0.5) is 0 Å². The molecule has 0 aliphatic heterocycles. The van der Waals surface area contributed by atoms with Crippen molar-refractivity contribution in [3.8, 4) is 0 Å². The largest absolute Gasteiger partial charge is 0.380 e. The third-order valence-electron chi connectivity index (χ3n) is 5.27. The maximum absolute atomic E-state index is 5.19. The number of methoxy groups -OCH3 is 1. The molecule has 1 heteroatoms. The highest BCUT2D eigenvalue weighted by atomic mass is 16.5. The topological polar surface area (TPSA) is 9.23 Å². The third-order valence-corrected chi connectivity index (χ3v) is 5.27. The van der Waals surface area contributed by atoms with Crippen LogP contribution in [0.2, 0.25) is 0 Å². The van der Waals surface area contributed by atoms with Crippen LogP contribution < -0.4 is 0 Å². The van der Waals surface area contributed by atoms with Crippen molar-refractivity contribution in [2.24, 2.45) is 5.92 Å². The first kappa shape index (κ1) is 17.7. The normalized spacial score (nSPS) is 20.7. The minimum absolute atomic E-state index is 0.700. The van der Waals surface area contributed by atoms with Gasteiger partial charge in [-0.2, -0.15) is 0 Å². The van der Waals surface area contributed by atoms with Crippen molar-refractivity contribution >= 4 is 12.2 Å². The molecule has 1 saturated carbocycles. The average molecular weight is 332 g/mol. The Bertz CT molecular complexity index is 686. The molecule has 0 spiro atoms. The molecule has 25 heavy (non-hydrogen) atoms. The summed E-state index contributed by atoms with van der Waals surface area (Å²) < 4.78 is 5.19. The summed E-state index contributed by atoms with van der Waals surface area (Å²) in [5.41, 5.74) is 5.20. The van der Waals surface area contributed by atoms with Crippen LogP contribution in [0, 0.1) is 5.92 Å². The van der Waals surface area contributed by atoms with Gasteiger partial charge in [0.25, 0.3) is 0 Å². The van der Waals surface area contributed by atoms with Crippen LogP contribution in [-0.2, 0) is 11.3 Å². The second-order valence-electron chi connectivity index (χ2n) is 7.02. The fraction of sp³-hybridized carbons (Fsp3) is 0.333. The van der Waals surface area contributed by atoms with Crippen molar-refractivity contribution in [2.45, 2.75) is 38.2 Å². The van der Waals surface area contributed by atoms with Crippen LogP contribution in [0.1, 0.15) is 53.9 Å². The van der Waals surface area contributed by atoms with Crippen molar-refractivity contribution in [3.63, 3.8) is 0 Å². The van der Waals surface area contributed by atoms with E-state index in [1.54, 1.807) is 7.11 Å². The fourth-order valence-electron chi connectivity index (χ4n) is 3.69. The average Bonchev–Trinajstić information content (AvgIpc) is 2.68. The Balaban J connectivity index is 1.52. The smallest absolute Gasteiger partial charge is 0.0713 e. The Labute approximate surface area is 152 Å². The molecule has 0 amide bonds. The van der Waals surface area contributed by atoms with Gasteiger partial charge < -0.3 is 4.74 Å². The molecule has 0 atom stereocenters. The van der Waals surface area contributed by atoms with Gasteiger partial charge in [0.1, 0.15) is 0 Å². The van der Waals surface area contributed by atoms with E-state index in [1.165, 1.54) is 47.9 Å². The molecule has 0 N–H and O–H groups in total. The Hall–Kier alpha value is -2.12. The van der Waals surface area contributed by atoms with E-state index in [4.69, 9.17) is 4.74 Å². The van der Waals surface area contributed by atoms with Gasteiger partial charge >= 0.3 is 0 Å². The fourth-order valence-corrected chi connectivity index (χ4v) is 3.69. The molecule has 1 nitrogen and oxygen atoms in total. The van der Waals surface area contributed by atoms with Gasteiger partial charge in [-0.25, -0.2) is 0 Å². The molecular formula is C24H28O. The summed E-state index contributed by atoms with van der Waals surface area (Å²) >= 11 is 0. The van der Waals surface area contributed by atoms with Crippen LogP contribution in [0.5, 0.6) is 0 Å². The van der Waals surface area contributed by atoms with Crippen LogP contribution in [0.25, 0.3) is 12.2 Å². The quantitative estimate of drug-likeness (QED) is 0.589. The van der Waals surface area contributed by atoms with E-state index < -0.39 is 0 Å². The second kappa shape index (κ2) is 8.82. The Morgan fingerprint density at radius 3 is 2.16 bits per heavy atom. The maximum atomic E-state index is 5.19. The zero-order valence-electron chi connectivity index (χ0n) is 15.2. The van der Waals surface area contributed by atoms with Crippen LogP contribution in [0.15, 0.2) is 61.2 Å². The molecule has 0 heterocycles. The predicted molar refractivity (Wildman–Crippen MR) is 107 cm³/mol. The second-order valence-corrected chi connectivity index (χ2v) is 7.02. The predicted octanol–water partition coefficient (Wildman–Crippen LogP) is 6.46. The molecule has 0 saturated heterocycles. The van der Waals surface area contributed by atoms with E-state index in [-0.39, 0.29) is 0 Å². The molecule has 0 aromatic heterocycles. The van der Waals surface area contributed by atoms with E-state index >= 15 is 0 Å². The van der Waals surface area contributed by atoms with E-state index in [0.29, 0.717) is 18.4 Å². The van der Waals surface area contributed by atoms with E-state index in [1.807, 2.05) is 6.08 Å². The van der Waals surface area contributed by atoms with Crippen molar-refractivity contribution in [2.75, 3.05) is 7.11 Å². The Kier molecular flexibility index (Phi) is 6.25. The summed E-state index contributed by atoms with van der Waals surface area (Å²) in [6.45, 7) is 4.50. The lowest BCUT2D eigenvalue weighted by molar-refractivity contribution is 0.185. The summed E-state index contributed by atoms with van der Waals surface area (Å²) in [5.74, 6) is 1.43. The summed E-state index contributed by atoms with van der Waals surface area (Å²) in [6.07, 6.45) is 11.7. The maximum Gasteiger partial charge on any atom is 0.0713 e. The molecule has 2 aromatic rings. The molecule has 0 radical (unpaired) electrons. The zero-order valence-corrected chi connectivity index (χ0v) is 15.2. The molecular weight excluding hydrogens is 304 g/mol. The molecule has 1 aliphatic rings. The lowest BCUT2D eigenvalue weighted by Gasteiger charge is -2.27. The minimum Gasteiger partial charge on any atom is -0.380 e. The third kappa shape index (κ3) is 4.93. The highest BCUT2D eigenvalue weighted by Gasteiger charge is 2.20. The van der Waals surface area contributed by atoms with E-state index in [2.05, 4.69) is 67.3 Å². The van der Waals surface area contributed by atoms with Crippen molar-refractivity contribution in [3.05, 3.63) is 83.4 Å². The summed E-state index contributed by atoms with van der Waals surface area (Å²) in [5, 5.41) is 0. The molecule has 0 bridgehead atoms. The first-order valence-corrected chi connectivity index (χ1v) is 9.27. The van der Waals surface area contributed by atoms with Gasteiger partial charge in [-0.3, -0.25) is 0 Å². The van der Waals surface area contributed by atoms with Crippen LogP contribution in [0.3, 0.4) is 0 Å². The van der Waals surface area contributed by atoms with Crippen LogP contribution >= 0.6 is 0 Å². The highest BCUT2D eigenvalue weighted by molar-refractivity contribution is 5.54. The molecule has 130 valence electrons. The van der Waals surface area contributed by atoms with Gasteiger partial charge in [0, 0.05) is 7.11 Å². The standard InChI is InChI=1S/C24H28O/c1-3-19-4-6-20(7-5-19)8-9-21-10-14-23(15-11-21)24-16-12-22(13-17-24)18-25-2/h3-9,12-13,16-17,21,23H,1,10-11,14-15,18H2,2H3/t21-,23-. The first-order chi connectivity index (χ1) is 12.3. The molecule has 2 aromatic carbocycles. The summed E-state index contributed by atoms with van der Waals surface area (Å²) in [7, 11) is 1.75. The molecule has 1 aliphatic carbocycles. The van der Waals surface area contributed by atoms with Gasteiger partial charge in [-0.1, -0.05) is 73.3 Å². The summed E-state index contributed by atoms with van der Waals surface area (Å²) in [6, 6.07) is 17.6. The number of allylic oxidation sites excluding steroid dienone is 1. The Morgan fingerprint density at radius 1 is 0.920 bits per heavy atom. The first-order valence-electron chi connectivity index (χ1n) is 9.27. The SMILES string of the molecule is C=Cc1ccc(C=C[C@H]2CC[C@H](c3ccc(COC)cc3)CC2)cc1. The number of ether oxygens (including phenoxy) is 1. The van der Waals surface area contributed by atoms with Crippen molar-refractivity contribution < 1.29 is 4.74 Å². The number of rotatable bonds is 6.